The minimum Gasteiger partial charge on any atom is -0.354 e. The van der Waals surface area contributed by atoms with Crippen molar-refractivity contribution in [1.29, 1.82) is 0 Å². The fraction of sp³-hybridized carbons (Fsp3) is 0.417. The highest BCUT2D eigenvalue weighted by Crippen LogP contribution is 2.21. The number of carbonyl (C=O) groups is 2. The van der Waals surface area contributed by atoms with E-state index in [1.165, 1.54) is 31.1 Å². The van der Waals surface area contributed by atoms with Crippen LogP contribution in [-0.4, -0.2) is 62.7 Å². The molecule has 0 aliphatic rings. The number of hydrogen-bond acceptors (Lipinski definition) is 4. The lowest BCUT2D eigenvalue weighted by molar-refractivity contribution is -0.139. The van der Waals surface area contributed by atoms with Crippen LogP contribution in [0.1, 0.15) is 31.4 Å². The molecule has 2 rings (SSSR count). The number of hydrogen-bond donors (Lipinski definition) is 1. The van der Waals surface area contributed by atoms with Gasteiger partial charge in [0.15, 0.2) is 0 Å². The first-order valence-corrected chi connectivity index (χ1v) is 12.5. The normalized spacial score (nSPS) is 12.3. The first-order valence-electron chi connectivity index (χ1n) is 11.1. The van der Waals surface area contributed by atoms with Crippen LogP contribution in [0.3, 0.4) is 0 Å². The molecular formula is C24H33FN4O4S. The molecule has 1 atom stereocenters. The Morgan fingerprint density at radius 1 is 1.03 bits per heavy atom. The van der Waals surface area contributed by atoms with Crippen LogP contribution in [0, 0.1) is 12.7 Å². The molecule has 10 heteroatoms. The number of amides is 2. The van der Waals surface area contributed by atoms with Gasteiger partial charge in [-0.05, 0) is 50.1 Å². The molecule has 0 radical (unpaired) electrons. The molecule has 0 aliphatic carbocycles. The summed E-state index contributed by atoms with van der Waals surface area (Å²) in [5, 5.41) is 2.79. The molecule has 2 aromatic carbocycles. The Bertz CT molecular complexity index is 1070. The van der Waals surface area contributed by atoms with Gasteiger partial charge in [-0.3, -0.25) is 9.59 Å². The predicted molar refractivity (Wildman–Crippen MR) is 131 cm³/mol. The third-order valence-corrected chi connectivity index (χ3v) is 7.14. The van der Waals surface area contributed by atoms with Gasteiger partial charge in [-0.2, -0.15) is 12.7 Å². The fourth-order valence-corrected chi connectivity index (χ4v) is 4.25. The van der Waals surface area contributed by atoms with Gasteiger partial charge in [-0.1, -0.05) is 36.8 Å². The van der Waals surface area contributed by atoms with Gasteiger partial charge < -0.3 is 10.2 Å². The van der Waals surface area contributed by atoms with E-state index in [1.807, 2.05) is 38.1 Å². The Labute approximate surface area is 201 Å². The first-order chi connectivity index (χ1) is 16.0. The van der Waals surface area contributed by atoms with Crippen molar-refractivity contribution in [3.05, 3.63) is 65.5 Å². The zero-order valence-electron chi connectivity index (χ0n) is 20.3. The van der Waals surface area contributed by atoms with Crippen LogP contribution < -0.4 is 9.62 Å². The zero-order chi connectivity index (χ0) is 25.5. The molecule has 0 saturated heterocycles. The van der Waals surface area contributed by atoms with Crippen molar-refractivity contribution in [2.75, 3.05) is 31.5 Å². The van der Waals surface area contributed by atoms with E-state index in [-0.39, 0.29) is 18.1 Å². The monoisotopic (exact) mass is 492 g/mol. The summed E-state index contributed by atoms with van der Waals surface area (Å²) in [6.45, 7) is 5.52. The first kappa shape index (κ1) is 27.3. The predicted octanol–water partition coefficient (Wildman–Crippen LogP) is 2.69. The fourth-order valence-electron chi connectivity index (χ4n) is 3.19. The van der Waals surface area contributed by atoms with E-state index in [4.69, 9.17) is 0 Å². The van der Waals surface area contributed by atoms with Crippen LogP contribution in [0.2, 0.25) is 0 Å². The maximum atomic E-state index is 13.5. The second kappa shape index (κ2) is 11.9. The number of nitrogens with one attached hydrogen (secondary N) is 1. The molecule has 0 saturated carbocycles. The topological polar surface area (TPSA) is 90.0 Å². The summed E-state index contributed by atoms with van der Waals surface area (Å²) in [7, 11) is -1.38. The van der Waals surface area contributed by atoms with Crippen LogP contribution in [0.25, 0.3) is 0 Å². The second-order valence-electron chi connectivity index (χ2n) is 8.25. The summed E-state index contributed by atoms with van der Waals surface area (Å²) >= 11 is 0. The van der Waals surface area contributed by atoms with Crippen LogP contribution in [-0.2, 0) is 26.3 Å². The average molecular weight is 493 g/mol. The lowest BCUT2D eigenvalue weighted by Gasteiger charge is -2.32. The van der Waals surface area contributed by atoms with Crippen LogP contribution >= 0.6 is 0 Å². The number of nitrogens with zero attached hydrogens (tertiary/aromatic N) is 3. The lowest BCUT2D eigenvalue weighted by Crippen LogP contribution is -2.52. The standard InChI is InChI=1S/C24H33FN4O4S/c1-6-15-26-24(31)19(3)28(16-20-9-7-18(2)8-10-20)23(30)17-29(34(32,33)27(4)5)22-13-11-21(25)12-14-22/h7-14,19H,6,15-17H2,1-5H3,(H,26,31)/t19-/m0/s1. The van der Waals surface area contributed by atoms with Crippen LogP contribution in [0.4, 0.5) is 10.1 Å². The van der Waals surface area contributed by atoms with Crippen LogP contribution in [0.15, 0.2) is 48.5 Å². The number of halogens is 1. The van der Waals surface area contributed by atoms with Crippen molar-refractivity contribution >= 4 is 27.7 Å². The summed E-state index contributed by atoms with van der Waals surface area (Å²) in [5.41, 5.74) is 2.00. The third-order valence-electron chi connectivity index (χ3n) is 5.32. The van der Waals surface area contributed by atoms with Crippen molar-refractivity contribution in [2.45, 2.75) is 39.8 Å². The van der Waals surface area contributed by atoms with E-state index in [9.17, 15) is 22.4 Å². The Morgan fingerprint density at radius 2 is 1.62 bits per heavy atom. The van der Waals surface area contributed by atoms with Gasteiger partial charge in [0.1, 0.15) is 18.4 Å². The minimum atomic E-state index is -4.08. The molecule has 0 aromatic heterocycles. The minimum absolute atomic E-state index is 0.124. The molecule has 1 N–H and O–H groups in total. The molecule has 8 nitrogen and oxygen atoms in total. The van der Waals surface area contributed by atoms with Crippen molar-refractivity contribution in [3.63, 3.8) is 0 Å². The number of carbonyl (C=O) groups excluding carboxylic acids is 2. The molecule has 186 valence electrons. The highest BCUT2D eigenvalue weighted by Gasteiger charge is 2.32. The molecule has 0 heterocycles. The molecule has 0 fully saturated rings. The van der Waals surface area contributed by atoms with Gasteiger partial charge in [0.25, 0.3) is 0 Å². The summed E-state index contributed by atoms with van der Waals surface area (Å²) < 4.78 is 41.4. The number of anilines is 1. The Kier molecular flexibility index (Phi) is 9.57. The second-order valence-corrected chi connectivity index (χ2v) is 10.3. The molecule has 0 unspecified atom stereocenters. The van der Waals surface area contributed by atoms with Gasteiger partial charge >= 0.3 is 10.2 Å². The Balaban J connectivity index is 2.41. The van der Waals surface area contributed by atoms with Gasteiger partial charge in [0, 0.05) is 27.2 Å². The number of rotatable bonds is 11. The summed E-state index contributed by atoms with van der Waals surface area (Å²) in [4.78, 5) is 27.6. The maximum absolute atomic E-state index is 13.5. The average Bonchev–Trinajstić information content (AvgIpc) is 2.80. The van der Waals surface area contributed by atoms with Crippen LogP contribution in [0.5, 0.6) is 0 Å². The van der Waals surface area contributed by atoms with Crippen molar-refractivity contribution in [1.82, 2.24) is 14.5 Å². The quantitative estimate of drug-likeness (QED) is 0.522. The Hall–Kier alpha value is -2.98. The zero-order valence-corrected chi connectivity index (χ0v) is 21.1. The molecular weight excluding hydrogens is 459 g/mol. The van der Waals surface area contributed by atoms with Gasteiger partial charge in [-0.15, -0.1) is 0 Å². The molecule has 0 spiro atoms. The Morgan fingerprint density at radius 3 is 2.15 bits per heavy atom. The van der Waals surface area contributed by atoms with E-state index >= 15 is 0 Å². The maximum Gasteiger partial charge on any atom is 0.304 e. The highest BCUT2D eigenvalue weighted by atomic mass is 32.2. The van der Waals surface area contributed by atoms with E-state index in [0.29, 0.717) is 6.54 Å². The van der Waals surface area contributed by atoms with E-state index in [1.54, 1.807) is 6.92 Å². The molecule has 2 amide bonds. The van der Waals surface area contributed by atoms with E-state index in [2.05, 4.69) is 5.32 Å². The van der Waals surface area contributed by atoms with Crippen molar-refractivity contribution in [2.24, 2.45) is 0 Å². The number of benzene rings is 2. The molecule has 2 aromatic rings. The van der Waals surface area contributed by atoms with Gasteiger partial charge in [0.05, 0.1) is 5.69 Å². The highest BCUT2D eigenvalue weighted by molar-refractivity contribution is 7.90. The van der Waals surface area contributed by atoms with Crippen molar-refractivity contribution < 1.29 is 22.4 Å². The summed E-state index contributed by atoms with van der Waals surface area (Å²) in [6.07, 6.45) is 0.740. The van der Waals surface area contributed by atoms with Crippen molar-refractivity contribution in [3.8, 4) is 0 Å². The van der Waals surface area contributed by atoms with Gasteiger partial charge in [0.2, 0.25) is 11.8 Å². The smallest absolute Gasteiger partial charge is 0.304 e. The largest absolute Gasteiger partial charge is 0.354 e. The molecule has 0 bridgehead atoms. The number of aryl methyl sites for hydroxylation is 1. The third kappa shape index (κ3) is 7.01. The summed E-state index contributed by atoms with van der Waals surface area (Å²) in [5.74, 6) is -1.42. The van der Waals surface area contributed by atoms with E-state index < -0.39 is 34.5 Å². The molecule has 34 heavy (non-hydrogen) atoms. The summed E-state index contributed by atoms with van der Waals surface area (Å²) in [6, 6.07) is 11.5. The lowest BCUT2D eigenvalue weighted by atomic mass is 10.1. The van der Waals surface area contributed by atoms with E-state index in [0.717, 1.165) is 38.3 Å². The molecule has 0 aliphatic heterocycles. The SMILES string of the molecule is CCCNC(=O)[C@H](C)N(Cc1ccc(C)cc1)C(=O)CN(c1ccc(F)cc1)S(=O)(=O)N(C)C. The van der Waals surface area contributed by atoms with Gasteiger partial charge in [-0.25, -0.2) is 8.70 Å².